The summed E-state index contributed by atoms with van der Waals surface area (Å²) in [6, 6.07) is 0. The van der Waals surface area contributed by atoms with Crippen molar-refractivity contribution in [3.8, 4) is 0 Å². The van der Waals surface area contributed by atoms with E-state index in [0.29, 0.717) is 0 Å². The maximum Gasteiger partial charge on any atom is 0.131 e. The summed E-state index contributed by atoms with van der Waals surface area (Å²) in [7, 11) is 0. The lowest BCUT2D eigenvalue weighted by atomic mass is 9.91. The first-order valence-corrected chi connectivity index (χ1v) is 6.94. The summed E-state index contributed by atoms with van der Waals surface area (Å²) in [5, 5.41) is 0. The molecule has 0 saturated heterocycles. The summed E-state index contributed by atoms with van der Waals surface area (Å²) in [4.78, 5) is 11.0. The number of allylic oxidation sites excluding steroid dienone is 8. The number of aldehydes is 1. The monoisotopic (exact) mass is 262 g/mol. The van der Waals surface area contributed by atoms with Gasteiger partial charge in [0, 0.05) is 0 Å². The van der Waals surface area contributed by atoms with E-state index in [1.54, 1.807) is 12.2 Å². The molecule has 1 unspecified atom stereocenters. The highest BCUT2D eigenvalue weighted by atomic mass is 16.1. The zero-order chi connectivity index (χ0) is 15.7. The SMILES string of the molecule is C=C/C=C\C(=C/C)C(C=O)/C(C=C)=C/C.CC.CC. The summed E-state index contributed by atoms with van der Waals surface area (Å²) < 4.78 is 0. The fourth-order valence-corrected chi connectivity index (χ4v) is 1.33. The lowest BCUT2D eigenvalue weighted by Gasteiger charge is -2.12. The number of hydrogen-bond acceptors (Lipinski definition) is 1. The molecular formula is C18H30O. The molecule has 0 saturated carbocycles. The Morgan fingerprint density at radius 1 is 0.947 bits per heavy atom. The van der Waals surface area contributed by atoms with Gasteiger partial charge in [-0.15, -0.1) is 0 Å². The normalized spacial score (nSPS) is 12.5. The van der Waals surface area contributed by atoms with Crippen LogP contribution in [0.25, 0.3) is 0 Å². The van der Waals surface area contributed by atoms with Crippen molar-refractivity contribution in [2.75, 3.05) is 0 Å². The first kappa shape index (κ1) is 22.5. The fourth-order valence-electron chi connectivity index (χ4n) is 1.33. The molecule has 1 nitrogen and oxygen atoms in total. The maximum atomic E-state index is 11.0. The molecule has 0 aromatic rings. The predicted molar refractivity (Wildman–Crippen MR) is 89.3 cm³/mol. The predicted octanol–water partition coefficient (Wildman–Crippen LogP) is 5.67. The van der Waals surface area contributed by atoms with Crippen LogP contribution in [0.3, 0.4) is 0 Å². The molecular weight excluding hydrogens is 232 g/mol. The Hall–Kier alpha value is -1.63. The van der Waals surface area contributed by atoms with Gasteiger partial charge in [-0.3, -0.25) is 0 Å². The molecule has 1 heteroatoms. The van der Waals surface area contributed by atoms with Gasteiger partial charge in [-0.2, -0.15) is 0 Å². The molecule has 108 valence electrons. The van der Waals surface area contributed by atoms with E-state index in [-0.39, 0.29) is 5.92 Å². The van der Waals surface area contributed by atoms with Gasteiger partial charge < -0.3 is 4.79 Å². The molecule has 0 spiro atoms. The van der Waals surface area contributed by atoms with E-state index in [4.69, 9.17) is 0 Å². The van der Waals surface area contributed by atoms with E-state index < -0.39 is 0 Å². The molecule has 0 heterocycles. The third kappa shape index (κ3) is 10.0. The zero-order valence-electron chi connectivity index (χ0n) is 13.4. The van der Waals surface area contributed by atoms with Gasteiger partial charge in [0.2, 0.25) is 0 Å². The summed E-state index contributed by atoms with van der Waals surface area (Å²) in [5.74, 6) is -0.228. The van der Waals surface area contributed by atoms with Gasteiger partial charge in [-0.1, -0.05) is 77.3 Å². The van der Waals surface area contributed by atoms with E-state index in [9.17, 15) is 4.79 Å². The molecule has 19 heavy (non-hydrogen) atoms. The quantitative estimate of drug-likeness (QED) is 0.445. The van der Waals surface area contributed by atoms with Gasteiger partial charge in [0.05, 0.1) is 5.92 Å². The smallest absolute Gasteiger partial charge is 0.131 e. The fraction of sp³-hybridized carbons (Fsp3) is 0.389. The zero-order valence-corrected chi connectivity index (χ0v) is 13.4. The van der Waals surface area contributed by atoms with E-state index >= 15 is 0 Å². The lowest BCUT2D eigenvalue weighted by molar-refractivity contribution is -0.109. The Labute approximate surface area is 120 Å². The summed E-state index contributed by atoms with van der Waals surface area (Å²) in [5.41, 5.74) is 1.88. The second-order valence-electron chi connectivity index (χ2n) is 2.99. The Kier molecular flexibility index (Phi) is 22.2. The van der Waals surface area contributed by atoms with Crippen LogP contribution >= 0.6 is 0 Å². The Morgan fingerprint density at radius 3 is 1.68 bits per heavy atom. The average molecular weight is 262 g/mol. The largest absolute Gasteiger partial charge is 0.302 e. The van der Waals surface area contributed by atoms with Crippen LogP contribution in [0.4, 0.5) is 0 Å². The summed E-state index contributed by atoms with van der Waals surface area (Å²) in [6.07, 6.45) is 11.9. The van der Waals surface area contributed by atoms with Gasteiger partial charge in [0.15, 0.2) is 0 Å². The van der Waals surface area contributed by atoms with Crippen molar-refractivity contribution in [2.24, 2.45) is 5.92 Å². The Morgan fingerprint density at radius 2 is 1.42 bits per heavy atom. The van der Waals surface area contributed by atoms with Gasteiger partial charge in [0.25, 0.3) is 0 Å². The first-order valence-electron chi connectivity index (χ1n) is 6.94. The minimum atomic E-state index is -0.228. The molecule has 0 aliphatic rings. The standard InChI is InChI=1S/C14H18O.2C2H6/c1-5-9-10-13(8-4)14(11-15)12(6-2)7-3;2*1-2/h5-11,14H,1-2H2,3-4H3;2*1-2H3/b10-9-,12-7+,13-8+;;. The van der Waals surface area contributed by atoms with Crippen molar-refractivity contribution >= 4 is 6.29 Å². The van der Waals surface area contributed by atoms with Crippen LogP contribution in [-0.4, -0.2) is 6.29 Å². The van der Waals surface area contributed by atoms with Crippen LogP contribution in [0.5, 0.6) is 0 Å². The maximum absolute atomic E-state index is 11.0. The third-order valence-electron chi connectivity index (χ3n) is 2.18. The number of carbonyl (C=O) groups excluding carboxylic acids is 1. The highest BCUT2D eigenvalue weighted by Gasteiger charge is 2.12. The summed E-state index contributed by atoms with van der Waals surface area (Å²) >= 11 is 0. The van der Waals surface area contributed by atoms with E-state index in [1.807, 2.05) is 65.8 Å². The van der Waals surface area contributed by atoms with E-state index in [1.165, 1.54) is 0 Å². The molecule has 0 aliphatic heterocycles. The number of rotatable bonds is 6. The molecule has 0 aromatic heterocycles. The van der Waals surface area contributed by atoms with Gasteiger partial charge in [0.1, 0.15) is 6.29 Å². The molecule has 1 atom stereocenters. The first-order chi connectivity index (χ1) is 9.24. The highest BCUT2D eigenvalue weighted by Crippen LogP contribution is 2.20. The Bertz CT molecular complexity index is 317. The van der Waals surface area contributed by atoms with Crippen LogP contribution < -0.4 is 0 Å². The molecule has 0 aromatic carbocycles. The topological polar surface area (TPSA) is 17.1 Å². The summed E-state index contributed by atoms with van der Waals surface area (Å²) in [6.45, 7) is 19.1. The Balaban J connectivity index is -0.000000579. The van der Waals surface area contributed by atoms with Crippen LogP contribution in [0.2, 0.25) is 0 Å². The van der Waals surface area contributed by atoms with E-state index in [2.05, 4.69) is 13.2 Å². The highest BCUT2D eigenvalue weighted by molar-refractivity contribution is 5.67. The lowest BCUT2D eigenvalue weighted by Crippen LogP contribution is -2.06. The van der Waals surface area contributed by atoms with Crippen molar-refractivity contribution in [2.45, 2.75) is 41.5 Å². The second kappa shape index (κ2) is 18.7. The average Bonchev–Trinajstić information content (AvgIpc) is 2.50. The van der Waals surface area contributed by atoms with Crippen LogP contribution in [0.15, 0.2) is 60.8 Å². The molecule has 0 fully saturated rings. The number of hydrogen-bond donors (Lipinski definition) is 0. The molecule has 0 radical (unpaired) electrons. The minimum Gasteiger partial charge on any atom is -0.302 e. The van der Waals surface area contributed by atoms with Crippen molar-refractivity contribution in [3.63, 3.8) is 0 Å². The molecule has 0 aliphatic carbocycles. The molecule has 0 N–H and O–H groups in total. The van der Waals surface area contributed by atoms with Crippen molar-refractivity contribution in [1.82, 2.24) is 0 Å². The van der Waals surface area contributed by atoms with Crippen LogP contribution in [-0.2, 0) is 4.79 Å². The van der Waals surface area contributed by atoms with Crippen LogP contribution in [0.1, 0.15) is 41.5 Å². The third-order valence-corrected chi connectivity index (χ3v) is 2.18. The van der Waals surface area contributed by atoms with E-state index in [0.717, 1.165) is 17.4 Å². The molecule has 0 bridgehead atoms. The van der Waals surface area contributed by atoms with Gasteiger partial charge in [-0.05, 0) is 25.0 Å². The van der Waals surface area contributed by atoms with Crippen molar-refractivity contribution < 1.29 is 4.79 Å². The molecule has 0 amide bonds. The minimum absolute atomic E-state index is 0.228. The molecule has 0 rings (SSSR count). The second-order valence-corrected chi connectivity index (χ2v) is 2.99. The van der Waals surface area contributed by atoms with Gasteiger partial charge >= 0.3 is 0 Å². The number of carbonyl (C=O) groups is 1. The van der Waals surface area contributed by atoms with Crippen molar-refractivity contribution in [3.05, 3.63) is 60.8 Å². The van der Waals surface area contributed by atoms with Crippen LogP contribution in [0, 0.1) is 5.92 Å². The van der Waals surface area contributed by atoms with Crippen molar-refractivity contribution in [1.29, 1.82) is 0 Å². The van der Waals surface area contributed by atoms with Gasteiger partial charge in [-0.25, -0.2) is 0 Å².